The second kappa shape index (κ2) is 9.40. The lowest BCUT2D eigenvalue weighted by Gasteiger charge is -2.30. The third kappa shape index (κ3) is 4.91. The molecule has 5 heteroatoms. The van der Waals surface area contributed by atoms with Crippen LogP contribution in [0.1, 0.15) is 30.0 Å². The summed E-state index contributed by atoms with van der Waals surface area (Å²) in [6.07, 6.45) is 1.95. The van der Waals surface area contributed by atoms with Crippen molar-refractivity contribution >= 4 is 11.8 Å². The predicted molar refractivity (Wildman–Crippen MR) is 109 cm³/mol. The van der Waals surface area contributed by atoms with E-state index in [1.54, 1.807) is 18.9 Å². The molecule has 0 spiro atoms. The first-order chi connectivity index (χ1) is 13.6. The highest BCUT2D eigenvalue weighted by Crippen LogP contribution is 2.20. The summed E-state index contributed by atoms with van der Waals surface area (Å²) in [5.74, 6) is 0.929. The molecule has 5 nitrogen and oxygen atoms in total. The lowest BCUT2D eigenvalue weighted by Crippen LogP contribution is -2.39. The molecule has 0 N–H and O–H groups in total. The number of nitrogens with zero attached hydrogens (tertiary/aromatic N) is 2. The van der Waals surface area contributed by atoms with Gasteiger partial charge in [0.1, 0.15) is 5.75 Å². The predicted octanol–water partition coefficient (Wildman–Crippen LogP) is 3.06. The fraction of sp³-hybridized carbons (Fsp3) is 0.391. The van der Waals surface area contributed by atoms with Crippen molar-refractivity contribution in [2.75, 3.05) is 26.7 Å². The van der Waals surface area contributed by atoms with Crippen molar-refractivity contribution in [3.63, 3.8) is 0 Å². The largest absolute Gasteiger partial charge is 0.496 e. The molecule has 0 aliphatic carbocycles. The summed E-state index contributed by atoms with van der Waals surface area (Å²) < 4.78 is 5.38. The van der Waals surface area contributed by atoms with Crippen LogP contribution in [0.25, 0.3) is 0 Å². The van der Waals surface area contributed by atoms with Gasteiger partial charge < -0.3 is 14.5 Å². The Bertz CT molecular complexity index is 834. The molecule has 0 aromatic heterocycles. The van der Waals surface area contributed by atoms with E-state index in [4.69, 9.17) is 4.74 Å². The molecule has 2 amide bonds. The molecular formula is C23H28N2O3. The Balaban J connectivity index is 1.53. The molecule has 1 heterocycles. The Morgan fingerprint density at radius 1 is 1.04 bits per heavy atom. The van der Waals surface area contributed by atoms with Crippen LogP contribution >= 0.6 is 0 Å². The second-order valence-electron chi connectivity index (χ2n) is 7.15. The quantitative estimate of drug-likeness (QED) is 0.742. The highest BCUT2D eigenvalue weighted by molar-refractivity contribution is 5.78. The second-order valence-corrected chi connectivity index (χ2v) is 7.15. The molecule has 1 aliphatic heterocycles. The number of methoxy groups -OCH3 is 1. The van der Waals surface area contributed by atoms with Crippen LogP contribution in [0.2, 0.25) is 0 Å². The first-order valence-electron chi connectivity index (χ1n) is 9.80. The monoisotopic (exact) mass is 380 g/mol. The van der Waals surface area contributed by atoms with Gasteiger partial charge in [-0.3, -0.25) is 9.59 Å². The molecular weight excluding hydrogens is 352 g/mol. The molecule has 2 aromatic rings. The van der Waals surface area contributed by atoms with Crippen LogP contribution in [0.4, 0.5) is 0 Å². The topological polar surface area (TPSA) is 49.9 Å². The van der Waals surface area contributed by atoms with Crippen LogP contribution in [0.5, 0.6) is 5.75 Å². The van der Waals surface area contributed by atoms with E-state index in [0.717, 1.165) is 24.3 Å². The summed E-state index contributed by atoms with van der Waals surface area (Å²) in [5.41, 5.74) is 3.62. The van der Waals surface area contributed by atoms with E-state index < -0.39 is 0 Å². The first kappa shape index (κ1) is 19.9. The van der Waals surface area contributed by atoms with Gasteiger partial charge in [-0.05, 0) is 35.6 Å². The van der Waals surface area contributed by atoms with E-state index in [9.17, 15) is 9.59 Å². The van der Waals surface area contributed by atoms with Crippen molar-refractivity contribution in [1.29, 1.82) is 0 Å². The Labute approximate surface area is 166 Å². The van der Waals surface area contributed by atoms with E-state index in [1.165, 1.54) is 11.1 Å². The number of ether oxygens (including phenoxy) is 1. The van der Waals surface area contributed by atoms with E-state index >= 15 is 0 Å². The van der Waals surface area contributed by atoms with Crippen molar-refractivity contribution in [2.45, 2.75) is 32.7 Å². The summed E-state index contributed by atoms with van der Waals surface area (Å²) in [6.45, 7) is 3.99. The van der Waals surface area contributed by atoms with Crippen molar-refractivity contribution in [3.8, 4) is 5.75 Å². The van der Waals surface area contributed by atoms with Crippen LogP contribution < -0.4 is 4.74 Å². The zero-order valence-electron chi connectivity index (χ0n) is 16.7. The maximum atomic E-state index is 12.7. The van der Waals surface area contributed by atoms with E-state index in [2.05, 4.69) is 12.1 Å². The minimum atomic E-state index is -0.00770. The number of fused-ring (bicyclic) bond motifs is 1. The van der Waals surface area contributed by atoms with Crippen LogP contribution in [-0.4, -0.2) is 48.4 Å². The number of rotatable bonds is 7. The van der Waals surface area contributed by atoms with Crippen LogP contribution in [0.15, 0.2) is 48.5 Å². The molecule has 148 valence electrons. The van der Waals surface area contributed by atoms with Gasteiger partial charge >= 0.3 is 0 Å². The third-order valence-corrected chi connectivity index (χ3v) is 5.37. The summed E-state index contributed by atoms with van der Waals surface area (Å²) in [6, 6.07) is 16.1. The molecule has 3 rings (SSSR count). The van der Waals surface area contributed by atoms with Crippen LogP contribution in [0, 0.1) is 0 Å². The number of hydrogen-bond donors (Lipinski definition) is 0. The van der Waals surface area contributed by atoms with Crippen molar-refractivity contribution < 1.29 is 14.3 Å². The molecule has 0 unspecified atom stereocenters. The zero-order chi connectivity index (χ0) is 19.9. The zero-order valence-corrected chi connectivity index (χ0v) is 16.7. The fourth-order valence-corrected chi connectivity index (χ4v) is 3.69. The Morgan fingerprint density at radius 3 is 2.50 bits per heavy atom. The van der Waals surface area contributed by atoms with Gasteiger partial charge in [0, 0.05) is 39.5 Å². The van der Waals surface area contributed by atoms with Crippen LogP contribution in [0.3, 0.4) is 0 Å². The van der Waals surface area contributed by atoms with E-state index in [1.807, 2.05) is 41.3 Å². The number of carbonyl (C=O) groups excluding carboxylic acids is 2. The number of para-hydroxylation sites is 1. The Hall–Kier alpha value is -2.82. The van der Waals surface area contributed by atoms with Gasteiger partial charge in [-0.1, -0.05) is 42.5 Å². The minimum absolute atomic E-state index is 0.00770. The van der Waals surface area contributed by atoms with Gasteiger partial charge in [-0.2, -0.15) is 0 Å². The number of benzene rings is 2. The van der Waals surface area contributed by atoms with Crippen molar-refractivity contribution in [3.05, 3.63) is 65.2 Å². The van der Waals surface area contributed by atoms with Gasteiger partial charge in [0.25, 0.3) is 0 Å². The van der Waals surface area contributed by atoms with E-state index in [0.29, 0.717) is 32.5 Å². The number of hydrogen-bond acceptors (Lipinski definition) is 3. The lowest BCUT2D eigenvalue weighted by molar-refractivity contribution is -0.134. The van der Waals surface area contributed by atoms with Gasteiger partial charge in [-0.15, -0.1) is 0 Å². The smallest absolute Gasteiger partial charge is 0.224 e. The molecule has 0 radical (unpaired) electrons. The molecule has 1 aliphatic rings. The van der Waals surface area contributed by atoms with Crippen LogP contribution in [-0.2, 0) is 29.0 Å². The summed E-state index contributed by atoms with van der Waals surface area (Å²) in [7, 11) is 1.65. The normalized spacial score (nSPS) is 13.0. The number of amides is 2. The maximum Gasteiger partial charge on any atom is 0.224 e. The molecule has 0 atom stereocenters. The number of carbonyl (C=O) groups is 2. The standard InChI is InChI=1S/C23H28N2O3/c1-18(26)24(14-12-20-8-5-6-10-22(20)28-2)16-13-23(27)25-15-11-19-7-3-4-9-21(19)17-25/h3-10H,11-17H2,1-2H3. The summed E-state index contributed by atoms with van der Waals surface area (Å²) in [4.78, 5) is 28.4. The molecule has 28 heavy (non-hydrogen) atoms. The third-order valence-electron chi connectivity index (χ3n) is 5.37. The first-order valence-corrected chi connectivity index (χ1v) is 9.80. The fourth-order valence-electron chi connectivity index (χ4n) is 3.69. The summed E-state index contributed by atoms with van der Waals surface area (Å²) in [5, 5.41) is 0. The molecule has 0 fully saturated rings. The van der Waals surface area contributed by atoms with Gasteiger partial charge in [-0.25, -0.2) is 0 Å². The minimum Gasteiger partial charge on any atom is -0.496 e. The van der Waals surface area contributed by atoms with Gasteiger partial charge in [0.05, 0.1) is 7.11 Å². The van der Waals surface area contributed by atoms with Crippen molar-refractivity contribution in [2.24, 2.45) is 0 Å². The summed E-state index contributed by atoms with van der Waals surface area (Å²) >= 11 is 0. The van der Waals surface area contributed by atoms with Crippen molar-refractivity contribution in [1.82, 2.24) is 9.80 Å². The SMILES string of the molecule is COc1ccccc1CCN(CCC(=O)N1CCc2ccccc2C1)C(C)=O. The molecule has 0 bridgehead atoms. The van der Waals surface area contributed by atoms with Gasteiger partial charge in [0.15, 0.2) is 0 Å². The lowest BCUT2D eigenvalue weighted by atomic mass is 10.00. The Morgan fingerprint density at radius 2 is 1.75 bits per heavy atom. The molecule has 0 saturated heterocycles. The average molecular weight is 380 g/mol. The maximum absolute atomic E-state index is 12.7. The highest BCUT2D eigenvalue weighted by Gasteiger charge is 2.21. The molecule has 2 aromatic carbocycles. The van der Waals surface area contributed by atoms with Gasteiger partial charge in [0.2, 0.25) is 11.8 Å². The average Bonchev–Trinajstić information content (AvgIpc) is 2.73. The van der Waals surface area contributed by atoms with E-state index in [-0.39, 0.29) is 11.8 Å². The molecule has 0 saturated carbocycles. The Kier molecular flexibility index (Phi) is 6.69. The highest BCUT2D eigenvalue weighted by atomic mass is 16.5.